The zero-order chi connectivity index (χ0) is 20.2. The van der Waals surface area contributed by atoms with Crippen molar-refractivity contribution in [2.75, 3.05) is 11.9 Å². The molecule has 5 nitrogen and oxygen atoms in total. The second-order valence-corrected chi connectivity index (χ2v) is 8.46. The van der Waals surface area contributed by atoms with E-state index in [0.717, 1.165) is 41.3 Å². The first-order chi connectivity index (χ1) is 14.1. The van der Waals surface area contributed by atoms with E-state index in [4.69, 9.17) is 4.74 Å². The first-order valence-electron chi connectivity index (χ1n) is 10.1. The summed E-state index contributed by atoms with van der Waals surface area (Å²) >= 11 is 1.48. The SMILES string of the molecule is CCOC(=O)[C@H]1CC[C@H](c2ccc(NC(=O)c3cc4ccccc4s3)nc2)CC1. The van der Waals surface area contributed by atoms with E-state index in [2.05, 4.69) is 10.3 Å². The summed E-state index contributed by atoms with van der Waals surface area (Å²) in [7, 11) is 0. The molecule has 0 unspecified atom stereocenters. The van der Waals surface area contributed by atoms with Crippen LogP contribution in [-0.2, 0) is 9.53 Å². The van der Waals surface area contributed by atoms with Gasteiger partial charge in [0.15, 0.2) is 0 Å². The van der Waals surface area contributed by atoms with Crippen molar-refractivity contribution in [3.05, 3.63) is 59.1 Å². The first-order valence-corrected chi connectivity index (χ1v) is 10.9. The van der Waals surface area contributed by atoms with Crippen molar-refractivity contribution in [3.63, 3.8) is 0 Å². The number of esters is 1. The van der Waals surface area contributed by atoms with Crippen LogP contribution < -0.4 is 5.32 Å². The lowest BCUT2D eigenvalue weighted by molar-refractivity contribution is -0.149. The van der Waals surface area contributed by atoms with E-state index < -0.39 is 0 Å². The highest BCUT2D eigenvalue weighted by Gasteiger charge is 2.28. The lowest BCUT2D eigenvalue weighted by Crippen LogP contribution is -2.23. The van der Waals surface area contributed by atoms with Crippen LogP contribution in [0.4, 0.5) is 5.82 Å². The van der Waals surface area contributed by atoms with Crippen LogP contribution in [0, 0.1) is 5.92 Å². The van der Waals surface area contributed by atoms with E-state index in [0.29, 0.717) is 23.2 Å². The number of carbonyl (C=O) groups is 2. The molecule has 1 saturated carbocycles. The topological polar surface area (TPSA) is 68.3 Å². The molecule has 0 aliphatic heterocycles. The van der Waals surface area contributed by atoms with Gasteiger partial charge in [-0.05, 0) is 67.7 Å². The predicted molar refractivity (Wildman–Crippen MR) is 115 cm³/mol. The normalized spacial score (nSPS) is 19.1. The fourth-order valence-electron chi connectivity index (χ4n) is 3.91. The number of aromatic nitrogens is 1. The number of nitrogens with zero attached hydrogens (tertiary/aromatic N) is 1. The number of hydrogen-bond donors (Lipinski definition) is 1. The number of rotatable bonds is 5. The van der Waals surface area contributed by atoms with E-state index in [1.807, 2.05) is 55.6 Å². The number of thiophene rings is 1. The van der Waals surface area contributed by atoms with Crippen molar-refractivity contribution in [2.24, 2.45) is 5.92 Å². The summed E-state index contributed by atoms with van der Waals surface area (Å²) < 4.78 is 6.24. The molecule has 0 spiro atoms. The molecular weight excluding hydrogens is 384 g/mol. The Bertz CT molecular complexity index is 971. The number of nitrogens with one attached hydrogen (secondary N) is 1. The number of amides is 1. The first kappa shape index (κ1) is 19.6. The van der Waals surface area contributed by atoms with Crippen LogP contribution in [0.1, 0.15) is 53.8 Å². The van der Waals surface area contributed by atoms with Gasteiger partial charge in [-0.2, -0.15) is 0 Å². The van der Waals surface area contributed by atoms with Gasteiger partial charge in [-0.15, -0.1) is 11.3 Å². The van der Waals surface area contributed by atoms with Gasteiger partial charge in [0.05, 0.1) is 17.4 Å². The standard InChI is InChI=1S/C23H24N2O3S/c1-2-28-23(27)16-9-7-15(8-10-16)18-11-12-21(24-14-18)25-22(26)20-13-17-5-3-4-6-19(17)29-20/h3-6,11-16H,2,7-10H2,1H3,(H,24,25,26)/t15-,16-. The van der Waals surface area contributed by atoms with Crippen LogP contribution in [0.25, 0.3) is 10.1 Å². The Labute approximate surface area is 174 Å². The molecule has 1 fully saturated rings. The number of pyridine rings is 1. The molecule has 150 valence electrons. The molecule has 1 aliphatic carbocycles. The highest BCUT2D eigenvalue weighted by atomic mass is 32.1. The summed E-state index contributed by atoms with van der Waals surface area (Å²) in [6, 6.07) is 13.8. The average Bonchev–Trinajstić information content (AvgIpc) is 3.19. The molecule has 2 heterocycles. The molecular formula is C23H24N2O3S. The quantitative estimate of drug-likeness (QED) is 0.575. The second-order valence-electron chi connectivity index (χ2n) is 7.38. The average molecular weight is 409 g/mol. The molecule has 0 bridgehead atoms. The molecule has 3 aromatic rings. The Balaban J connectivity index is 1.36. The zero-order valence-corrected chi connectivity index (χ0v) is 17.2. The Morgan fingerprint density at radius 2 is 1.93 bits per heavy atom. The van der Waals surface area contributed by atoms with Crippen LogP contribution >= 0.6 is 11.3 Å². The summed E-state index contributed by atoms with van der Waals surface area (Å²) in [4.78, 5) is 29.5. The molecule has 1 N–H and O–H groups in total. The summed E-state index contributed by atoms with van der Waals surface area (Å²) in [5.41, 5.74) is 1.16. The molecule has 29 heavy (non-hydrogen) atoms. The van der Waals surface area contributed by atoms with Gasteiger partial charge in [-0.3, -0.25) is 9.59 Å². The van der Waals surface area contributed by atoms with Crippen molar-refractivity contribution in [1.82, 2.24) is 4.98 Å². The fourth-order valence-corrected chi connectivity index (χ4v) is 4.87. The van der Waals surface area contributed by atoms with Crippen LogP contribution in [0.3, 0.4) is 0 Å². The highest BCUT2D eigenvalue weighted by molar-refractivity contribution is 7.20. The predicted octanol–water partition coefficient (Wildman–Crippen LogP) is 5.39. The Morgan fingerprint density at radius 3 is 2.62 bits per heavy atom. The lowest BCUT2D eigenvalue weighted by atomic mass is 9.79. The van der Waals surface area contributed by atoms with Gasteiger partial charge in [0.25, 0.3) is 5.91 Å². The zero-order valence-electron chi connectivity index (χ0n) is 16.4. The summed E-state index contributed by atoms with van der Waals surface area (Å²) in [6.45, 7) is 2.29. The maximum absolute atomic E-state index is 12.5. The van der Waals surface area contributed by atoms with E-state index in [-0.39, 0.29) is 17.8 Å². The minimum Gasteiger partial charge on any atom is -0.466 e. The van der Waals surface area contributed by atoms with Gasteiger partial charge in [-0.25, -0.2) is 4.98 Å². The van der Waals surface area contributed by atoms with Gasteiger partial charge in [-0.1, -0.05) is 24.3 Å². The number of anilines is 1. The Kier molecular flexibility index (Phi) is 5.90. The Morgan fingerprint density at radius 1 is 1.14 bits per heavy atom. The maximum atomic E-state index is 12.5. The summed E-state index contributed by atoms with van der Waals surface area (Å²) in [6.07, 6.45) is 5.47. The number of ether oxygens (including phenoxy) is 1. The molecule has 0 saturated heterocycles. The lowest BCUT2D eigenvalue weighted by Gasteiger charge is -2.27. The molecule has 0 radical (unpaired) electrons. The minimum atomic E-state index is -0.138. The van der Waals surface area contributed by atoms with E-state index in [9.17, 15) is 9.59 Å². The molecule has 1 amide bonds. The summed E-state index contributed by atoms with van der Waals surface area (Å²) in [5.74, 6) is 0.778. The molecule has 1 aromatic carbocycles. The van der Waals surface area contributed by atoms with Gasteiger partial charge in [0, 0.05) is 10.9 Å². The Hall–Kier alpha value is -2.73. The van der Waals surface area contributed by atoms with E-state index >= 15 is 0 Å². The largest absolute Gasteiger partial charge is 0.466 e. The van der Waals surface area contributed by atoms with Gasteiger partial charge >= 0.3 is 5.97 Å². The highest BCUT2D eigenvalue weighted by Crippen LogP contribution is 2.36. The third-order valence-electron chi connectivity index (χ3n) is 5.50. The molecule has 0 atom stereocenters. The van der Waals surface area contributed by atoms with Crippen LogP contribution in [0.15, 0.2) is 48.7 Å². The van der Waals surface area contributed by atoms with E-state index in [1.165, 1.54) is 11.3 Å². The van der Waals surface area contributed by atoms with Crippen LogP contribution in [-0.4, -0.2) is 23.5 Å². The van der Waals surface area contributed by atoms with Gasteiger partial charge < -0.3 is 10.1 Å². The third-order valence-corrected chi connectivity index (χ3v) is 6.61. The van der Waals surface area contributed by atoms with Gasteiger partial charge in [0.1, 0.15) is 5.82 Å². The number of benzene rings is 1. The van der Waals surface area contributed by atoms with Crippen LogP contribution in [0.2, 0.25) is 0 Å². The molecule has 6 heteroatoms. The van der Waals surface area contributed by atoms with E-state index in [1.54, 1.807) is 0 Å². The molecule has 1 aliphatic rings. The van der Waals surface area contributed by atoms with Gasteiger partial charge in [0.2, 0.25) is 0 Å². The molecule has 2 aromatic heterocycles. The summed E-state index contributed by atoms with van der Waals surface area (Å²) in [5, 5.41) is 3.96. The van der Waals surface area contributed by atoms with Crippen molar-refractivity contribution in [3.8, 4) is 0 Å². The third kappa shape index (κ3) is 4.48. The van der Waals surface area contributed by atoms with Crippen molar-refractivity contribution >= 4 is 39.1 Å². The fraction of sp³-hybridized carbons (Fsp3) is 0.348. The van der Waals surface area contributed by atoms with Crippen molar-refractivity contribution in [2.45, 2.75) is 38.5 Å². The van der Waals surface area contributed by atoms with Crippen molar-refractivity contribution in [1.29, 1.82) is 0 Å². The maximum Gasteiger partial charge on any atom is 0.308 e. The van der Waals surface area contributed by atoms with Crippen LogP contribution in [0.5, 0.6) is 0 Å². The minimum absolute atomic E-state index is 0.0269. The van der Waals surface area contributed by atoms with Crippen molar-refractivity contribution < 1.29 is 14.3 Å². The molecule has 4 rings (SSSR count). The number of fused-ring (bicyclic) bond motifs is 1. The number of carbonyl (C=O) groups excluding carboxylic acids is 2. The number of hydrogen-bond acceptors (Lipinski definition) is 5. The monoisotopic (exact) mass is 408 g/mol. The second kappa shape index (κ2) is 8.74. The smallest absolute Gasteiger partial charge is 0.308 e.